The van der Waals surface area contributed by atoms with E-state index in [0.717, 1.165) is 18.7 Å². The molecule has 0 radical (unpaired) electrons. The van der Waals surface area contributed by atoms with Crippen LogP contribution < -0.4 is 0 Å². The van der Waals surface area contributed by atoms with E-state index in [1.54, 1.807) is 0 Å². The first kappa shape index (κ1) is 12.9. The molecule has 0 aliphatic rings. The number of ketones is 1. The molecule has 1 rings (SSSR count). The van der Waals surface area contributed by atoms with E-state index < -0.39 is 0 Å². The highest BCUT2D eigenvalue weighted by atomic mass is 16.1. The van der Waals surface area contributed by atoms with Gasteiger partial charge in [-0.2, -0.15) is 5.10 Å². The number of carbonyl (C=O) groups excluding carboxylic acids is 1. The van der Waals surface area contributed by atoms with E-state index in [2.05, 4.69) is 17.0 Å². The molecule has 0 aromatic carbocycles. The number of nitrogens with zero attached hydrogens (tertiary/aromatic N) is 3. The number of hydrogen-bond donors (Lipinski definition) is 0. The van der Waals surface area contributed by atoms with Gasteiger partial charge in [0.1, 0.15) is 17.9 Å². The Morgan fingerprint density at radius 1 is 1.44 bits per heavy atom. The maximum Gasteiger partial charge on any atom is 0.143 e. The standard InChI is InChI=1S/C12H21N3O/c1-5-6-10(4)11(16)7-12-13-8-14-15(12)9(2)3/h8-10H,5-7H2,1-4H3. The van der Waals surface area contributed by atoms with E-state index in [1.807, 2.05) is 25.5 Å². The molecule has 1 aromatic rings. The average molecular weight is 223 g/mol. The monoisotopic (exact) mass is 223 g/mol. The van der Waals surface area contributed by atoms with Crippen LogP contribution in [0.25, 0.3) is 0 Å². The summed E-state index contributed by atoms with van der Waals surface area (Å²) in [6.45, 7) is 8.17. The third-order valence-electron chi connectivity index (χ3n) is 2.74. The van der Waals surface area contributed by atoms with Gasteiger partial charge in [0.25, 0.3) is 0 Å². The first-order valence-electron chi connectivity index (χ1n) is 5.97. The molecule has 1 unspecified atom stereocenters. The van der Waals surface area contributed by atoms with Crippen molar-refractivity contribution >= 4 is 5.78 Å². The molecular formula is C12H21N3O. The highest BCUT2D eigenvalue weighted by Gasteiger charge is 2.16. The zero-order valence-corrected chi connectivity index (χ0v) is 10.6. The van der Waals surface area contributed by atoms with Crippen molar-refractivity contribution in [2.24, 2.45) is 5.92 Å². The Morgan fingerprint density at radius 3 is 2.69 bits per heavy atom. The van der Waals surface area contributed by atoms with E-state index in [4.69, 9.17) is 0 Å². The van der Waals surface area contributed by atoms with Crippen molar-refractivity contribution in [3.8, 4) is 0 Å². The van der Waals surface area contributed by atoms with Gasteiger partial charge in [-0.1, -0.05) is 20.3 Å². The van der Waals surface area contributed by atoms with Gasteiger partial charge in [0, 0.05) is 12.0 Å². The van der Waals surface area contributed by atoms with Crippen molar-refractivity contribution in [1.82, 2.24) is 14.8 Å². The molecule has 1 heterocycles. The second kappa shape index (κ2) is 5.77. The molecule has 0 amide bonds. The Balaban J connectivity index is 2.66. The van der Waals surface area contributed by atoms with Gasteiger partial charge < -0.3 is 0 Å². The predicted octanol–water partition coefficient (Wildman–Crippen LogP) is 2.41. The summed E-state index contributed by atoms with van der Waals surface area (Å²) in [7, 11) is 0. The van der Waals surface area contributed by atoms with Crippen LogP contribution in [0.15, 0.2) is 6.33 Å². The van der Waals surface area contributed by atoms with E-state index in [1.165, 1.54) is 6.33 Å². The second-order valence-electron chi connectivity index (χ2n) is 4.55. The predicted molar refractivity (Wildman–Crippen MR) is 63.2 cm³/mol. The molecule has 4 nitrogen and oxygen atoms in total. The Bertz CT molecular complexity index is 344. The molecule has 0 fully saturated rings. The summed E-state index contributed by atoms with van der Waals surface area (Å²) in [5.74, 6) is 1.17. The Morgan fingerprint density at radius 2 is 2.12 bits per heavy atom. The number of aromatic nitrogens is 3. The minimum Gasteiger partial charge on any atom is -0.299 e. The fraction of sp³-hybridized carbons (Fsp3) is 0.750. The van der Waals surface area contributed by atoms with Crippen LogP contribution in [0.3, 0.4) is 0 Å². The van der Waals surface area contributed by atoms with Crippen LogP contribution in [0.4, 0.5) is 0 Å². The van der Waals surface area contributed by atoms with Gasteiger partial charge >= 0.3 is 0 Å². The minimum absolute atomic E-state index is 0.127. The van der Waals surface area contributed by atoms with Crippen LogP contribution in [0.5, 0.6) is 0 Å². The van der Waals surface area contributed by atoms with Gasteiger partial charge in [-0.05, 0) is 20.3 Å². The topological polar surface area (TPSA) is 47.8 Å². The lowest BCUT2D eigenvalue weighted by molar-refractivity contribution is -0.122. The van der Waals surface area contributed by atoms with Crippen molar-refractivity contribution < 1.29 is 4.79 Å². The fourth-order valence-corrected chi connectivity index (χ4v) is 1.76. The molecule has 16 heavy (non-hydrogen) atoms. The SMILES string of the molecule is CCCC(C)C(=O)Cc1ncnn1C(C)C. The van der Waals surface area contributed by atoms with Crippen LogP contribution in [0.1, 0.15) is 52.4 Å². The summed E-state index contributed by atoms with van der Waals surface area (Å²) in [5, 5.41) is 4.13. The Kier molecular flexibility index (Phi) is 4.65. The molecule has 4 heteroatoms. The summed E-state index contributed by atoms with van der Waals surface area (Å²) in [5.41, 5.74) is 0. The lowest BCUT2D eigenvalue weighted by atomic mass is 9.98. The second-order valence-corrected chi connectivity index (χ2v) is 4.55. The van der Waals surface area contributed by atoms with Crippen LogP contribution in [-0.2, 0) is 11.2 Å². The third kappa shape index (κ3) is 3.15. The first-order chi connectivity index (χ1) is 7.56. The minimum atomic E-state index is 0.127. The van der Waals surface area contributed by atoms with Gasteiger partial charge in [0.2, 0.25) is 0 Å². The van der Waals surface area contributed by atoms with Crippen molar-refractivity contribution in [3.05, 3.63) is 12.2 Å². The highest BCUT2D eigenvalue weighted by molar-refractivity contribution is 5.82. The summed E-state index contributed by atoms with van der Waals surface area (Å²) in [6.07, 6.45) is 3.92. The lowest BCUT2D eigenvalue weighted by Crippen LogP contribution is -2.18. The zero-order chi connectivity index (χ0) is 12.1. The van der Waals surface area contributed by atoms with Gasteiger partial charge in [-0.3, -0.25) is 4.79 Å². The van der Waals surface area contributed by atoms with Crippen LogP contribution in [0, 0.1) is 5.92 Å². The quantitative estimate of drug-likeness (QED) is 0.744. The molecule has 0 saturated heterocycles. The summed E-state index contributed by atoms with van der Waals surface area (Å²) in [4.78, 5) is 16.0. The molecule has 0 N–H and O–H groups in total. The van der Waals surface area contributed by atoms with E-state index in [0.29, 0.717) is 6.42 Å². The normalized spacial score (nSPS) is 13.1. The summed E-state index contributed by atoms with van der Waals surface area (Å²) >= 11 is 0. The number of rotatable bonds is 6. The third-order valence-corrected chi connectivity index (χ3v) is 2.74. The molecule has 0 aliphatic heterocycles. The number of hydrogen-bond acceptors (Lipinski definition) is 3. The Labute approximate surface area is 97.1 Å². The zero-order valence-electron chi connectivity index (χ0n) is 10.6. The lowest BCUT2D eigenvalue weighted by Gasteiger charge is -2.11. The van der Waals surface area contributed by atoms with Crippen LogP contribution in [0.2, 0.25) is 0 Å². The fourth-order valence-electron chi connectivity index (χ4n) is 1.76. The van der Waals surface area contributed by atoms with Gasteiger partial charge in [-0.25, -0.2) is 9.67 Å². The number of carbonyl (C=O) groups is 1. The van der Waals surface area contributed by atoms with E-state index >= 15 is 0 Å². The Hall–Kier alpha value is -1.19. The maximum atomic E-state index is 11.9. The largest absolute Gasteiger partial charge is 0.299 e. The van der Waals surface area contributed by atoms with Gasteiger partial charge in [0.05, 0.1) is 6.42 Å². The molecule has 0 saturated carbocycles. The molecular weight excluding hydrogens is 202 g/mol. The van der Waals surface area contributed by atoms with Crippen molar-refractivity contribution in [2.75, 3.05) is 0 Å². The molecule has 90 valence electrons. The van der Waals surface area contributed by atoms with Crippen molar-refractivity contribution in [1.29, 1.82) is 0 Å². The van der Waals surface area contributed by atoms with Crippen LogP contribution >= 0.6 is 0 Å². The molecule has 1 atom stereocenters. The summed E-state index contributed by atoms with van der Waals surface area (Å²) in [6, 6.07) is 0.256. The highest BCUT2D eigenvalue weighted by Crippen LogP contribution is 2.12. The van der Waals surface area contributed by atoms with Crippen molar-refractivity contribution in [2.45, 2.75) is 53.0 Å². The van der Waals surface area contributed by atoms with Gasteiger partial charge in [0.15, 0.2) is 0 Å². The molecule has 1 aromatic heterocycles. The van der Waals surface area contributed by atoms with Gasteiger partial charge in [-0.15, -0.1) is 0 Å². The smallest absolute Gasteiger partial charge is 0.143 e. The van der Waals surface area contributed by atoms with Crippen molar-refractivity contribution in [3.63, 3.8) is 0 Å². The van der Waals surface area contributed by atoms with E-state index in [9.17, 15) is 4.79 Å². The average Bonchev–Trinajstić information content (AvgIpc) is 2.66. The van der Waals surface area contributed by atoms with Crippen LogP contribution in [-0.4, -0.2) is 20.5 Å². The maximum absolute atomic E-state index is 11.9. The molecule has 0 spiro atoms. The van der Waals surface area contributed by atoms with E-state index in [-0.39, 0.29) is 17.7 Å². The molecule has 0 bridgehead atoms. The first-order valence-corrected chi connectivity index (χ1v) is 5.97. The molecule has 0 aliphatic carbocycles. The summed E-state index contributed by atoms with van der Waals surface area (Å²) < 4.78 is 1.82. The number of Topliss-reactive ketones (excluding diaryl/α,β-unsaturated/α-hetero) is 1.